The van der Waals surface area contributed by atoms with Crippen LogP contribution in [0.3, 0.4) is 0 Å². The molecule has 0 aromatic carbocycles. The number of rotatable bonds is 1. The molecule has 0 aliphatic heterocycles. The van der Waals surface area contributed by atoms with E-state index in [2.05, 4.69) is 19.9 Å². The Kier molecular flexibility index (Phi) is 3.61. The summed E-state index contributed by atoms with van der Waals surface area (Å²) in [4.78, 5) is 12.2. The van der Waals surface area contributed by atoms with E-state index in [9.17, 15) is 15.0 Å². The highest BCUT2D eigenvalue weighted by atomic mass is 16.3. The van der Waals surface area contributed by atoms with Crippen LogP contribution in [-0.4, -0.2) is 27.7 Å². The molecule has 3 saturated carbocycles. The van der Waals surface area contributed by atoms with Gasteiger partial charge in [0.25, 0.3) is 0 Å². The first kappa shape index (κ1) is 16.8. The third-order valence-corrected chi connectivity index (χ3v) is 8.81. The smallest absolute Gasteiger partial charge is 0.161 e. The highest BCUT2D eigenvalue weighted by molar-refractivity contribution is 5.86. The van der Waals surface area contributed by atoms with Crippen molar-refractivity contribution < 1.29 is 15.0 Å². The quantitative estimate of drug-likeness (QED) is 0.721. The SMILES string of the molecule is CC(=O)[C@@]1(O)CCC2C3CC=C4CC(O)CCC4(C)C3CCC21C. The lowest BCUT2D eigenvalue weighted by atomic mass is 9.47. The standard InChI is InChI=1S/C21H32O3/c1-13(22)21(24)11-8-18-16-5-4-14-12-15(23)6-9-19(14,2)17(16)7-10-20(18,21)3/h4,15-18,23-24H,5-12H2,1-3H3/t15?,16?,17?,18?,19?,20?,21-/m0/s1. The maximum Gasteiger partial charge on any atom is 0.161 e. The largest absolute Gasteiger partial charge is 0.393 e. The normalized spacial score (nSPS) is 53.6. The van der Waals surface area contributed by atoms with Gasteiger partial charge in [0.05, 0.1) is 6.10 Å². The molecule has 134 valence electrons. The molecule has 0 saturated heterocycles. The Bertz CT molecular complexity index is 596. The zero-order valence-electron chi connectivity index (χ0n) is 15.3. The lowest BCUT2D eigenvalue weighted by molar-refractivity contribution is -0.159. The summed E-state index contributed by atoms with van der Waals surface area (Å²) in [5, 5.41) is 21.2. The summed E-state index contributed by atoms with van der Waals surface area (Å²) in [6.45, 7) is 6.16. The molecular weight excluding hydrogens is 300 g/mol. The number of ketones is 1. The van der Waals surface area contributed by atoms with E-state index in [4.69, 9.17) is 0 Å². The molecule has 2 N–H and O–H groups in total. The van der Waals surface area contributed by atoms with Crippen molar-refractivity contribution in [3.63, 3.8) is 0 Å². The molecule has 0 aromatic heterocycles. The molecule has 0 heterocycles. The molecule has 3 fully saturated rings. The molecule has 3 heteroatoms. The Morgan fingerprint density at radius 1 is 1.12 bits per heavy atom. The molecule has 0 aromatic rings. The number of carbonyl (C=O) groups is 1. The summed E-state index contributed by atoms with van der Waals surface area (Å²) in [7, 11) is 0. The van der Waals surface area contributed by atoms with Gasteiger partial charge in [-0.2, -0.15) is 0 Å². The van der Waals surface area contributed by atoms with Crippen molar-refractivity contribution in [1.82, 2.24) is 0 Å². The predicted octanol–water partition coefficient (Wildman–Crippen LogP) is 3.63. The van der Waals surface area contributed by atoms with E-state index in [1.807, 2.05) is 0 Å². The highest BCUT2D eigenvalue weighted by Gasteiger charge is 2.65. The Balaban J connectivity index is 1.69. The van der Waals surface area contributed by atoms with Gasteiger partial charge in [-0.1, -0.05) is 25.5 Å². The maximum atomic E-state index is 12.2. The first-order valence-electron chi connectivity index (χ1n) is 9.83. The van der Waals surface area contributed by atoms with Crippen LogP contribution in [0.25, 0.3) is 0 Å². The first-order valence-corrected chi connectivity index (χ1v) is 9.83. The van der Waals surface area contributed by atoms with Crippen LogP contribution in [0, 0.1) is 28.6 Å². The van der Waals surface area contributed by atoms with Crippen LogP contribution >= 0.6 is 0 Å². The van der Waals surface area contributed by atoms with Crippen molar-refractivity contribution >= 4 is 5.78 Å². The van der Waals surface area contributed by atoms with Crippen molar-refractivity contribution in [3.8, 4) is 0 Å². The fourth-order valence-electron chi connectivity index (χ4n) is 7.24. The van der Waals surface area contributed by atoms with E-state index < -0.39 is 5.60 Å². The molecule has 0 radical (unpaired) electrons. The summed E-state index contributed by atoms with van der Waals surface area (Å²) in [5.41, 5.74) is 0.331. The van der Waals surface area contributed by atoms with E-state index in [1.54, 1.807) is 6.92 Å². The Morgan fingerprint density at radius 3 is 2.54 bits per heavy atom. The summed E-state index contributed by atoms with van der Waals surface area (Å²) >= 11 is 0. The van der Waals surface area contributed by atoms with Crippen LogP contribution in [0.1, 0.15) is 72.1 Å². The lowest BCUT2D eigenvalue weighted by Crippen LogP contribution is -2.56. The highest BCUT2D eigenvalue weighted by Crippen LogP contribution is 2.67. The van der Waals surface area contributed by atoms with Gasteiger partial charge in [0.1, 0.15) is 5.60 Å². The zero-order valence-corrected chi connectivity index (χ0v) is 15.3. The molecule has 0 amide bonds. The second-order valence-electron chi connectivity index (χ2n) is 9.57. The maximum absolute atomic E-state index is 12.2. The van der Waals surface area contributed by atoms with Gasteiger partial charge in [-0.15, -0.1) is 0 Å². The fourth-order valence-corrected chi connectivity index (χ4v) is 7.24. The molecule has 4 aliphatic rings. The van der Waals surface area contributed by atoms with Gasteiger partial charge in [0, 0.05) is 5.41 Å². The zero-order chi connectivity index (χ0) is 17.3. The number of carbonyl (C=O) groups excluding carboxylic acids is 1. The summed E-state index contributed by atoms with van der Waals surface area (Å²) in [5.74, 6) is 1.65. The number of aliphatic hydroxyl groups excluding tert-OH is 1. The lowest BCUT2D eigenvalue weighted by Gasteiger charge is -2.58. The number of Topliss-reactive ketones (excluding diaryl/α,β-unsaturated/α-hetero) is 1. The van der Waals surface area contributed by atoms with E-state index in [0.29, 0.717) is 24.2 Å². The number of aliphatic hydroxyl groups is 2. The molecule has 0 bridgehead atoms. The van der Waals surface area contributed by atoms with Crippen LogP contribution in [0.5, 0.6) is 0 Å². The van der Waals surface area contributed by atoms with Gasteiger partial charge in [0.2, 0.25) is 0 Å². The van der Waals surface area contributed by atoms with Crippen LogP contribution in [0.2, 0.25) is 0 Å². The van der Waals surface area contributed by atoms with Gasteiger partial charge in [-0.05, 0) is 81.5 Å². The van der Waals surface area contributed by atoms with Gasteiger partial charge in [-0.25, -0.2) is 0 Å². The minimum atomic E-state index is -1.11. The molecule has 4 aliphatic carbocycles. The number of hydrogen-bond acceptors (Lipinski definition) is 3. The Labute approximate surface area is 145 Å². The minimum absolute atomic E-state index is 0.0370. The Morgan fingerprint density at radius 2 is 1.83 bits per heavy atom. The number of fused-ring (bicyclic) bond motifs is 5. The molecule has 7 atom stereocenters. The average molecular weight is 332 g/mol. The predicted molar refractivity (Wildman–Crippen MR) is 93.3 cm³/mol. The third-order valence-electron chi connectivity index (χ3n) is 8.81. The van der Waals surface area contributed by atoms with E-state index in [0.717, 1.165) is 44.9 Å². The van der Waals surface area contributed by atoms with E-state index in [1.165, 1.54) is 5.57 Å². The summed E-state index contributed by atoms with van der Waals surface area (Å²) < 4.78 is 0. The first-order chi connectivity index (χ1) is 11.2. The van der Waals surface area contributed by atoms with Gasteiger partial charge >= 0.3 is 0 Å². The minimum Gasteiger partial charge on any atom is -0.393 e. The molecule has 6 unspecified atom stereocenters. The average Bonchev–Trinajstić information content (AvgIpc) is 2.81. The van der Waals surface area contributed by atoms with Gasteiger partial charge < -0.3 is 10.2 Å². The monoisotopic (exact) mass is 332 g/mol. The fraction of sp³-hybridized carbons (Fsp3) is 0.857. The molecule has 3 nitrogen and oxygen atoms in total. The third kappa shape index (κ3) is 1.94. The van der Waals surface area contributed by atoms with Crippen molar-refractivity contribution in [2.75, 3.05) is 0 Å². The van der Waals surface area contributed by atoms with Crippen molar-refractivity contribution in [1.29, 1.82) is 0 Å². The number of allylic oxidation sites excluding steroid dienone is 1. The molecular formula is C21H32O3. The van der Waals surface area contributed by atoms with Crippen molar-refractivity contribution in [2.45, 2.75) is 83.8 Å². The van der Waals surface area contributed by atoms with Crippen LogP contribution in [0.4, 0.5) is 0 Å². The second kappa shape index (κ2) is 5.17. The van der Waals surface area contributed by atoms with Crippen LogP contribution in [0.15, 0.2) is 11.6 Å². The van der Waals surface area contributed by atoms with Crippen molar-refractivity contribution in [3.05, 3.63) is 11.6 Å². The van der Waals surface area contributed by atoms with Gasteiger partial charge in [0.15, 0.2) is 5.78 Å². The summed E-state index contributed by atoms with van der Waals surface area (Å²) in [6.07, 6.45) is 9.84. The second-order valence-corrected chi connectivity index (χ2v) is 9.57. The van der Waals surface area contributed by atoms with E-state index >= 15 is 0 Å². The van der Waals surface area contributed by atoms with Gasteiger partial charge in [-0.3, -0.25) is 4.79 Å². The summed E-state index contributed by atoms with van der Waals surface area (Å²) in [6, 6.07) is 0. The molecule has 0 spiro atoms. The molecule has 4 rings (SSSR count). The van der Waals surface area contributed by atoms with Crippen LogP contribution in [-0.2, 0) is 4.79 Å². The van der Waals surface area contributed by atoms with Crippen LogP contribution < -0.4 is 0 Å². The number of hydrogen-bond donors (Lipinski definition) is 2. The Hall–Kier alpha value is -0.670. The van der Waals surface area contributed by atoms with E-state index in [-0.39, 0.29) is 22.7 Å². The molecule has 24 heavy (non-hydrogen) atoms. The van der Waals surface area contributed by atoms with Crippen molar-refractivity contribution in [2.24, 2.45) is 28.6 Å². The topological polar surface area (TPSA) is 57.5 Å².